The number of aromatic nitrogens is 1. The highest BCUT2D eigenvalue weighted by molar-refractivity contribution is 6.20. The molecule has 2 aromatic rings. The lowest BCUT2D eigenvalue weighted by atomic mass is 10.0. The molecule has 98 valence electrons. The lowest BCUT2D eigenvalue weighted by molar-refractivity contribution is -0.122. The second-order valence-corrected chi connectivity index (χ2v) is 4.99. The molecule has 0 spiro atoms. The number of carbonyl (C=O) groups is 1. The van der Waals surface area contributed by atoms with E-state index < -0.39 is 0 Å². The van der Waals surface area contributed by atoms with Crippen LogP contribution in [0, 0.1) is 0 Å². The minimum atomic E-state index is 0.0159. The maximum atomic E-state index is 12.3. The zero-order chi connectivity index (χ0) is 13.4. The highest BCUT2D eigenvalue weighted by Crippen LogP contribution is 2.29. The predicted octanol–water partition coefficient (Wildman–Crippen LogP) is 1.74. The van der Waals surface area contributed by atoms with Crippen LogP contribution in [-0.2, 0) is 11.2 Å². The monoisotopic (exact) mass is 255 g/mol. The fourth-order valence-electron chi connectivity index (χ4n) is 2.54. The first-order valence-corrected chi connectivity index (χ1v) is 6.43. The number of hydrogen-bond donors (Lipinski definition) is 2. The van der Waals surface area contributed by atoms with E-state index in [9.17, 15) is 4.79 Å². The van der Waals surface area contributed by atoms with E-state index in [0.717, 1.165) is 24.2 Å². The van der Waals surface area contributed by atoms with Gasteiger partial charge in [0.25, 0.3) is 5.91 Å². The molecule has 0 unspecified atom stereocenters. The van der Waals surface area contributed by atoms with E-state index in [-0.39, 0.29) is 5.91 Å². The van der Waals surface area contributed by atoms with Crippen LogP contribution >= 0.6 is 0 Å². The van der Waals surface area contributed by atoms with E-state index in [4.69, 9.17) is 0 Å². The number of amides is 1. The third-order valence-corrected chi connectivity index (χ3v) is 3.49. The van der Waals surface area contributed by atoms with Crippen molar-refractivity contribution in [1.29, 1.82) is 0 Å². The van der Waals surface area contributed by atoms with Crippen molar-refractivity contribution in [3.63, 3.8) is 0 Å². The van der Waals surface area contributed by atoms with Crippen LogP contribution in [0.5, 0.6) is 0 Å². The summed E-state index contributed by atoms with van der Waals surface area (Å²) in [5, 5.41) is 4.41. The molecule has 1 aliphatic rings. The molecule has 1 aromatic carbocycles. The highest BCUT2D eigenvalue weighted by atomic mass is 16.2. The van der Waals surface area contributed by atoms with Crippen molar-refractivity contribution in [3.8, 4) is 0 Å². The standard InChI is InChI=1S/C15H17N3O/c1-18(2)15(19)12-9-16-8-7-11-10-5-3-4-6-13(10)17-14(11)12/h3-6,9,16-17H,7-8H2,1-2H3. The number of nitrogens with zero attached hydrogens (tertiary/aromatic N) is 1. The molecule has 0 saturated heterocycles. The lowest BCUT2D eigenvalue weighted by Crippen LogP contribution is -2.23. The Morgan fingerprint density at radius 1 is 1.26 bits per heavy atom. The summed E-state index contributed by atoms with van der Waals surface area (Å²) >= 11 is 0. The van der Waals surface area contributed by atoms with Gasteiger partial charge in [-0.2, -0.15) is 0 Å². The first kappa shape index (κ1) is 11.8. The van der Waals surface area contributed by atoms with Crippen LogP contribution in [0.1, 0.15) is 11.3 Å². The Labute approximate surface area is 112 Å². The summed E-state index contributed by atoms with van der Waals surface area (Å²) in [4.78, 5) is 17.3. The smallest absolute Gasteiger partial charge is 0.256 e. The summed E-state index contributed by atoms with van der Waals surface area (Å²) in [6, 6.07) is 8.20. The van der Waals surface area contributed by atoms with Crippen LogP contribution in [0.15, 0.2) is 30.5 Å². The molecule has 4 heteroatoms. The number of likely N-dealkylation sites (N-methyl/N-ethyl adjacent to an activating group) is 1. The van der Waals surface area contributed by atoms with Gasteiger partial charge in [-0.3, -0.25) is 4.79 Å². The number of rotatable bonds is 1. The van der Waals surface area contributed by atoms with Crippen molar-refractivity contribution in [2.75, 3.05) is 20.6 Å². The molecule has 2 N–H and O–H groups in total. The molecule has 0 radical (unpaired) electrons. The van der Waals surface area contributed by atoms with Gasteiger partial charge in [0.2, 0.25) is 0 Å². The van der Waals surface area contributed by atoms with Gasteiger partial charge < -0.3 is 15.2 Å². The van der Waals surface area contributed by atoms with Crippen LogP contribution < -0.4 is 5.32 Å². The molecule has 0 saturated carbocycles. The lowest BCUT2D eigenvalue weighted by Gasteiger charge is -2.12. The van der Waals surface area contributed by atoms with Crippen molar-refractivity contribution in [1.82, 2.24) is 15.2 Å². The number of H-pyrrole nitrogens is 1. The van der Waals surface area contributed by atoms with Gasteiger partial charge in [-0.05, 0) is 18.1 Å². The van der Waals surface area contributed by atoms with E-state index >= 15 is 0 Å². The molecule has 0 atom stereocenters. The average Bonchev–Trinajstić information content (AvgIpc) is 2.64. The fraction of sp³-hybridized carbons (Fsp3) is 0.267. The average molecular weight is 255 g/mol. The van der Waals surface area contributed by atoms with Crippen molar-refractivity contribution in [2.24, 2.45) is 0 Å². The molecule has 1 aromatic heterocycles. The number of fused-ring (bicyclic) bond motifs is 3. The summed E-state index contributed by atoms with van der Waals surface area (Å²) in [7, 11) is 3.55. The Hall–Kier alpha value is -2.23. The topological polar surface area (TPSA) is 48.1 Å². The van der Waals surface area contributed by atoms with Gasteiger partial charge >= 0.3 is 0 Å². The molecular formula is C15H17N3O. The van der Waals surface area contributed by atoms with Gasteiger partial charge in [-0.25, -0.2) is 0 Å². The molecule has 4 nitrogen and oxygen atoms in total. The third-order valence-electron chi connectivity index (χ3n) is 3.49. The van der Waals surface area contributed by atoms with Gasteiger partial charge in [0, 0.05) is 37.7 Å². The Balaban J connectivity index is 2.21. The molecule has 19 heavy (non-hydrogen) atoms. The largest absolute Gasteiger partial charge is 0.390 e. The number of carbonyl (C=O) groups excluding carboxylic acids is 1. The molecule has 0 aliphatic carbocycles. The maximum absolute atomic E-state index is 12.3. The van der Waals surface area contributed by atoms with E-state index in [1.54, 1.807) is 19.0 Å². The van der Waals surface area contributed by atoms with Crippen LogP contribution in [0.25, 0.3) is 16.5 Å². The molecule has 0 bridgehead atoms. The number of aromatic amines is 1. The first-order chi connectivity index (χ1) is 9.18. The summed E-state index contributed by atoms with van der Waals surface area (Å²) in [6.07, 6.45) is 2.74. The molecule has 1 amide bonds. The van der Waals surface area contributed by atoms with Crippen molar-refractivity contribution >= 4 is 22.4 Å². The second-order valence-electron chi connectivity index (χ2n) is 4.99. The van der Waals surface area contributed by atoms with Gasteiger partial charge in [0.15, 0.2) is 0 Å². The predicted molar refractivity (Wildman–Crippen MR) is 76.7 cm³/mol. The summed E-state index contributed by atoms with van der Waals surface area (Å²) in [5.74, 6) is 0.0159. The second kappa shape index (κ2) is 4.46. The molecule has 0 fully saturated rings. The number of hydrogen-bond acceptors (Lipinski definition) is 2. The SMILES string of the molecule is CN(C)C(=O)C1=CNCCc2c1[nH]c1ccccc21. The molecule has 2 heterocycles. The van der Waals surface area contributed by atoms with Crippen LogP contribution in [0.3, 0.4) is 0 Å². The van der Waals surface area contributed by atoms with Gasteiger partial charge in [0.1, 0.15) is 0 Å². The maximum Gasteiger partial charge on any atom is 0.256 e. The summed E-state index contributed by atoms with van der Waals surface area (Å²) in [5.41, 5.74) is 3.97. The summed E-state index contributed by atoms with van der Waals surface area (Å²) in [6.45, 7) is 0.846. The number of para-hydroxylation sites is 1. The first-order valence-electron chi connectivity index (χ1n) is 6.43. The quantitative estimate of drug-likeness (QED) is 0.815. The zero-order valence-electron chi connectivity index (χ0n) is 11.2. The highest BCUT2D eigenvalue weighted by Gasteiger charge is 2.22. The van der Waals surface area contributed by atoms with E-state index in [2.05, 4.69) is 22.4 Å². The van der Waals surface area contributed by atoms with E-state index in [0.29, 0.717) is 5.57 Å². The number of nitrogens with one attached hydrogen (secondary N) is 2. The van der Waals surface area contributed by atoms with Crippen molar-refractivity contribution in [3.05, 3.63) is 41.7 Å². The molecule has 3 rings (SSSR count). The van der Waals surface area contributed by atoms with Gasteiger partial charge in [-0.1, -0.05) is 18.2 Å². The Morgan fingerprint density at radius 3 is 2.84 bits per heavy atom. The van der Waals surface area contributed by atoms with Crippen LogP contribution in [0.2, 0.25) is 0 Å². The van der Waals surface area contributed by atoms with Crippen molar-refractivity contribution < 1.29 is 4.79 Å². The van der Waals surface area contributed by atoms with Gasteiger partial charge in [0.05, 0.1) is 11.3 Å². The molecular weight excluding hydrogens is 238 g/mol. The molecule has 1 aliphatic heterocycles. The van der Waals surface area contributed by atoms with Crippen molar-refractivity contribution in [2.45, 2.75) is 6.42 Å². The normalized spacial score (nSPS) is 14.3. The van der Waals surface area contributed by atoms with Crippen LogP contribution in [0.4, 0.5) is 0 Å². The minimum absolute atomic E-state index is 0.0159. The van der Waals surface area contributed by atoms with E-state index in [1.807, 2.05) is 18.3 Å². The van der Waals surface area contributed by atoms with Crippen LogP contribution in [-0.4, -0.2) is 36.4 Å². The Kier molecular flexibility index (Phi) is 2.78. The Morgan fingerprint density at radius 2 is 2.05 bits per heavy atom. The third kappa shape index (κ3) is 1.89. The number of benzene rings is 1. The summed E-state index contributed by atoms with van der Waals surface area (Å²) < 4.78 is 0. The van der Waals surface area contributed by atoms with E-state index in [1.165, 1.54) is 10.9 Å². The van der Waals surface area contributed by atoms with Gasteiger partial charge in [-0.15, -0.1) is 0 Å². The minimum Gasteiger partial charge on any atom is -0.390 e. The Bertz CT molecular complexity index is 667. The zero-order valence-corrected chi connectivity index (χ0v) is 11.2. The fourth-order valence-corrected chi connectivity index (χ4v) is 2.54.